The Bertz CT molecular complexity index is 385. The Balaban J connectivity index is 2.06. The summed E-state index contributed by atoms with van der Waals surface area (Å²) in [6, 6.07) is 0.385. The summed E-state index contributed by atoms with van der Waals surface area (Å²) in [4.78, 5) is 26.6. The van der Waals surface area contributed by atoms with E-state index in [1.54, 1.807) is 0 Å². The molecule has 2 heterocycles. The van der Waals surface area contributed by atoms with E-state index in [4.69, 9.17) is 4.74 Å². The van der Waals surface area contributed by atoms with Crippen molar-refractivity contribution in [1.82, 2.24) is 4.90 Å². The molecular formula is C17H29NO3. The number of fused-ring (bicyclic) bond motifs is 2. The topological polar surface area (TPSA) is 46.6 Å². The number of hydrogen-bond acceptors (Lipinski definition) is 3. The lowest BCUT2D eigenvalue weighted by atomic mass is 9.76. The monoisotopic (exact) mass is 295 g/mol. The van der Waals surface area contributed by atoms with Gasteiger partial charge in [-0.3, -0.25) is 4.79 Å². The van der Waals surface area contributed by atoms with Crippen LogP contribution in [0.15, 0.2) is 0 Å². The minimum atomic E-state index is -0.458. The number of amides is 1. The number of carbonyl (C=O) groups is 2. The number of carbonyl (C=O) groups excluding carboxylic acids is 2. The maximum atomic E-state index is 12.4. The van der Waals surface area contributed by atoms with Gasteiger partial charge in [-0.1, -0.05) is 6.92 Å². The number of piperidine rings is 2. The molecule has 4 nitrogen and oxygen atoms in total. The molecule has 0 aromatic heterocycles. The van der Waals surface area contributed by atoms with Gasteiger partial charge in [-0.15, -0.1) is 0 Å². The first kappa shape index (κ1) is 16.3. The van der Waals surface area contributed by atoms with Crippen molar-refractivity contribution in [3.05, 3.63) is 0 Å². The highest BCUT2D eigenvalue weighted by Gasteiger charge is 2.43. The van der Waals surface area contributed by atoms with Gasteiger partial charge < -0.3 is 9.64 Å². The van der Waals surface area contributed by atoms with Gasteiger partial charge in [0.1, 0.15) is 11.4 Å². The van der Waals surface area contributed by atoms with E-state index in [9.17, 15) is 9.59 Å². The van der Waals surface area contributed by atoms with Crippen molar-refractivity contribution >= 4 is 11.9 Å². The van der Waals surface area contributed by atoms with E-state index in [1.807, 2.05) is 25.7 Å². The zero-order valence-corrected chi connectivity index (χ0v) is 13.9. The standard InChI is InChI=1S/C17H29NO3/c1-5-7-15(19)12-10-13-8-6-9-14(11-12)18(13)16(20)21-17(2,3)4/h12-14H,5-11H2,1-4H3. The van der Waals surface area contributed by atoms with Gasteiger partial charge >= 0.3 is 6.09 Å². The fourth-order valence-electron chi connectivity index (χ4n) is 3.71. The molecule has 2 aliphatic heterocycles. The molecule has 21 heavy (non-hydrogen) atoms. The van der Waals surface area contributed by atoms with Crippen LogP contribution < -0.4 is 0 Å². The van der Waals surface area contributed by atoms with Crippen molar-refractivity contribution < 1.29 is 14.3 Å². The van der Waals surface area contributed by atoms with E-state index in [-0.39, 0.29) is 24.1 Å². The summed E-state index contributed by atoms with van der Waals surface area (Å²) in [5, 5.41) is 0. The first-order valence-corrected chi connectivity index (χ1v) is 8.36. The summed E-state index contributed by atoms with van der Waals surface area (Å²) in [5.74, 6) is 0.539. The second kappa shape index (κ2) is 6.37. The molecule has 2 atom stereocenters. The number of Topliss-reactive ketones (excluding diaryl/α,β-unsaturated/α-hetero) is 1. The Morgan fingerprint density at radius 2 is 1.71 bits per heavy atom. The second-order valence-corrected chi connectivity index (χ2v) is 7.51. The van der Waals surface area contributed by atoms with E-state index >= 15 is 0 Å². The largest absolute Gasteiger partial charge is 0.444 e. The predicted octanol–water partition coefficient (Wildman–Crippen LogP) is 3.92. The molecule has 2 saturated heterocycles. The lowest BCUT2D eigenvalue weighted by Crippen LogP contribution is -2.56. The van der Waals surface area contributed by atoms with Gasteiger partial charge in [0.25, 0.3) is 0 Å². The van der Waals surface area contributed by atoms with Crippen LogP contribution in [-0.4, -0.2) is 34.5 Å². The molecule has 2 bridgehead atoms. The smallest absolute Gasteiger partial charge is 0.410 e. The zero-order valence-electron chi connectivity index (χ0n) is 13.9. The molecule has 2 fully saturated rings. The molecule has 1 amide bonds. The van der Waals surface area contributed by atoms with Gasteiger partial charge in [0.15, 0.2) is 0 Å². The molecule has 0 aliphatic carbocycles. The quantitative estimate of drug-likeness (QED) is 0.792. The van der Waals surface area contributed by atoms with Crippen LogP contribution in [0.2, 0.25) is 0 Å². The van der Waals surface area contributed by atoms with Crippen LogP contribution in [0, 0.1) is 5.92 Å². The Morgan fingerprint density at radius 3 is 2.19 bits per heavy atom. The third-order valence-electron chi connectivity index (χ3n) is 4.53. The van der Waals surface area contributed by atoms with Gasteiger partial charge in [0.2, 0.25) is 0 Å². The third-order valence-corrected chi connectivity index (χ3v) is 4.53. The zero-order chi connectivity index (χ0) is 15.6. The molecule has 120 valence electrons. The van der Waals surface area contributed by atoms with Crippen LogP contribution in [0.5, 0.6) is 0 Å². The molecule has 2 rings (SSSR count). The number of ether oxygens (including phenoxy) is 1. The van der Waals surface area contributed by atoms with Crippen LogP contribution in [0.25, 0.3) is 0 Å². The fourth-order valence-corrected chi connectivity index (χ4v) is 3.71. The maximum absolute atomic E-state index is 12.4. The normalized spacial score (nSPS) is 29.1. The Labute approximate surface area is 128 Å². The molecule has 2 unspecified atom stereocenters. The number of nitrogens with zero attached hydrogens (tertiary/aromatic N) is 1. The number of hydrogen-bond donors (Lipinski definition) is 0. The number of rotatable bonds is 3. The lowest BCUT2D eigenvalue weighted by molar-refractivity contribution is -0.127. The van der Waals surface area contributed by atoms with Gasteiger partial charge in [0, 0.05) is 24.4 Å². The van der Waals surface area contributed by atoms with E-state index in [0.29, 0.717) is 12.2 Å². The average molecular weight is 295 g/mol. The van der Waals surface area contributed by atoms with Crippen molar-refractivity contribution in [3.8, 4) is 0 Å². The first-order chi connectivity index (χ1) is 9.81. The SMILES string of the molecule is CCCC(=O)C1CC2CCCC(C1)N2C(=O)OC(C)(C)C. The second-order valence-electron chi connectivity index (χ2n) is 7.51. The molecule has 0 spiro atoms. The molecule has 4 heteroatoms. The summed E-state index contributed by atoms with van der Waals surface area (Å²) in [5.41, 5.74) is -0.458. The first-order valence-electron chi connectivity index (χ1n) is 8.36. The third kappa shape index (κ3) is 3.98. The van der Waals surface area contributed by atoms with Gasteiger partial charge in [-0.05, 0) is 59.3 Å². The van der Waals surface area contributed by atoms with Crippen LogP contribution in [0.3, 0.4) is 0 Å². The van der Waals surface area contributed by atoms with E-state index in [2.05, 4.69) is 6.92 Å². The number of ketones is 1. The lowest BCUT2D eigenvalue weighted by Gasteiger charge is -2.48. The summed E-state index contributed by atoms with van der Waals surface area (Å²) in [6.45, 7) is 7.75. The summed E-state index contributed by atoms with van der Waals surface area (Å²) < 4.78 is 5.56. The van der Waals surface area contributed by atoms with Crippen molar-refractivity contribution in [1.29, 1.82) is 0 Å². The van der Waals surface area contributed by atoms with Crippen molar-refractivity contribution in [2.45, 2.75) is 90.3 Å². The molecule has 0 N–H and O–H groups in total. The van der Waals surface area contributed by atoms with E-state index in [0.717, 1.165) is 38.5 Å². The van der Waals surface area contributed by atoms with Crippen molar-refractivity contribution in [2.75, 3.05) is 0 Å². The minimum absolute atomic E-state index is 0.152. The Morgan fingerprint density at radius 1 is 1.14 bits per heavy atom. The fraction of sp³-hybridized carbons (Fsp3) is 0.882. The van der Waals surface area contributed by atoms with Gasteiger partial charge in [-0.2, -0.15) is 0 Å². The molecule has 2 aliphatic rings. The summed E-state index contributed by atoms with van der Waals surface area (Å²) >= 11 is 0. The summed E-state index contributed by atoms with van der Waals surface area (Å²) in [7, 11) is 0. The summed E-state index contributed by atoms with van der Waals surface area (Å²) in [6.07, 6.45) is 6.22. The maximum Gasteiger partial charge on any atom is 0.410 e. The van der Waals surface area contributed by atoms with Crippen LogP contribution in [-0.2, 0) is 9.53 Å². The van der Waals surface area contributed by atoms with E-state index < -0.39 is 5.60 Å². The average Bonchev–Trinajstić information content (AvgIpc) is 2.35. The highest BCUT2D eigenvalue weighted by Crippen LogP contribution is 2.38. The van der Waals surface area contributed by atoms with Crippen LogP contribution in [0.4, 0.5) is 4.79 Å². The molecule has 0 saturated carbocycles. The van der Waals surface area contributed by atoms with Crippen molar-refractivity contribution in [3.63, 3.8) is 0 Å². The highest BCUT2D eigenvalue weighted by molar-refractivity contribution is 5.81. The molecule has 0 aromatic rings. The minimum Gasteiger partial charge on any atom is -0.444 e. The van der Waals surface area contributed by atoms with E-state index in [1.165, 1.54) is 0 Å². The molecular weight excluding hydrogens is 266 g/mol. The predicted molar refractivity (Wildman–Crippen MR) is 82.1 cm³/mol. The Kier molecular flexibility index (Phi) is 4.95. The van der Waals surface area contributed by atoms with Gasteiger partial charge in [0.05, 0.1) is 0 Å². The Hall–Kier alpha value is -1.06. The van der Waals surface area contributed by atoms with Crippen LogP contribution >= 0.6 is 0 Å². The molecule has 0 aromatic carbocycles. The van der Waals surface area contributed by atoms with Gasteiger partial charge in [-0.25, -0.2) is 4.79 Å². The van der Waals surface area contributed by atoms with Crippen LogP contribution in [0.1, 0.15) is 72.6 Å². The highest BCUT2D eigenvalue weighted by atomic mass is 16.6. The molecule has 0 radical (unpaired) electrons. The van der Waals surface area contributed by atoms with Crippen molar-refractivity contribution in [2.24, 2.45) is 5.92 Å².